The van der Waals surface area contributed by atoms with Crippen LogP contribution in [-0.4, -0.2) is 12.6 Å². The van der Waals surface area contributed by atoms with Crippen molar-refractivity contribution in [2.24, 2.45) is 5.92 Å². The summed E-state index contributed by atoms with van der Waals surface area (Å²) in [6.07, 6.45) is 2.11. The van der Waals surface area contributed by atoms with Crippen molar-refractivity contribution in [3.63, 3.8) is 0 Å². The Kier molecular flexibility index (Phi) is 3.54. The molecule has 4 heteroatoms. The van der Waals surface area contributed by atoms with Crippen molar-refractivity contribution in [3.05, 3.63) is 53.6 Å². The largest absolute Gasteiger partial charge is 0.454 e. The summed E-state index contributed by atoms with van der Waals surface area (Å²) in [7, 11) is 0. The molecular weight excluding hydrogens is 296 g/mol. The highest BCUT2D eigenvalue weighted by Gasteiger charge is 2.30. The van der Waals surface area contributed by atoms with Gasteiger partial charge >= 0.3 is 0 Å². The average Bonchev–Trinajstić information content (AvgIpc) is 3.30. The lowest BCUT2D eigenvalue weighted by Gasteiger charge is -2.05. The molecule has 1 aliphatic heterocycles. The Balaban J connectivity index is 1.40. The van der Waals surface area contributed by atoms with E-state index < -0.39 is 0 Å². The van der Waals surface area contributed by atoms with Gasteiger partial charge in [-0.15, -0.1) is 11.8 Å². The van der Waals surface area contributed by atoms with Crippen molar-refractivity contribution in [2.75, 3.05) is 6.79 Å². The summed E-state index contributed by atoms with van der Waals surface area (Å²) < 4.78 is 10.7. The van der Waals surface area contributed by atoms with Crippen LogP contribution in [0.3, 0.4) is 0 Å². The van der Waals surface area contributed by atoms with Gasteiger partial charge < -0.3 is 9.47 Å². The van der Waals surface area contributed by atoms with Crippen LogP contribution in [0.2, 0.25) is 0 Å². The summed E-state index contributed by atoms with van der Waals surface area (Å²) in [4.78, 5) is 13.1. The monoisotopic (exact) mass is 312 g/mol. The molecule has 0 N–H and O–H groups in total. The normalized spacial score (nSPS) is 15.8. The zero-order valence-corrected chi connectivity index (χ0v) is 12.9. The van der Waals surface area contributed by atoms with Crippen LogP contribution in [-0.2, 0) is 5.75 Å². The van der Waals surface area contributed by atoms with E-state index in [9.17, 15) is 4.79 Å². The number of rotatable bonds is 5. The maximum absolute atomic E-state index is 12.0. The molecule has 2 aliphatic rings. The van der Waals surface area contributed by atoms with Crippen LogP contribution in [0.4, 0.5) is 0 Å². The molecule has 1 aliphatic carbocycles. The number of thioether (sulfide) groups is 1. The first-order valence-electron chi connectivity index (χ1n) is 7.45. The fraction of sp³-hybridized carbons (Fsp3) is 0.278. The highest BCUT2D eigenvalue weighted by atomic mass is 32.2. The molecule has 0 amide bonds. The number of benzene rings is 2. The number of carbonyl (C=O) groups is 1. The second-order valence-corrected chi connectivity index (χ2v) is 6.69. The summed E-state index contributed by atoms with van der Waals surface area (Å²) in [6.45, 7) is 0.308. The van der Waals surface area contributed by atoms with Crippen molar-refractivity contribution < 1.29 is 14.3 Å². The first-order chi connectivity index (χ1) is 10.8. The van der Waals surface area contributed by atoms with Gasteiger partial charge in [0, 0.05) is 22.1 Å². The van der Waals surface area contributed by atoms with Crippen LogP contribution in [0.5, 0.6) is 11.5 Å². The van der Waals surface area contributed by atoms with Crippen LogP contribution in [0.15, 0.2) is 47.4 Å². The number of fused-ring (bicyclic) bond motifs is 1. The lowest BCUT2D eigenvalue weighted by atomic mass is 10.1. The molecule has 0 spiro atoms. The Morgan fingerprint density at radius 3 is 2.59 bits per heavy atom. The first kappa shape index (κ1) is 13.7. The van der Waals surface area contributed by atoms with Crippen LogP contribution in [0, 0.1) is 5.92 Å². The van der Waals surface area contributed by atoms with E-state index in [0.717, 1.165) is 35.7 Å². The summed E-state index contributed by atoms with van der Waals surface area (Å²) in [6, 6.07) is 14.0. The van der Waals surface area contributed by atoms with Gasteiger partial charge in [-0.25, -0.2) is 0 Å². The van der Waals surface area contributed by atoms with Gasteiger partial charge in [-0.2, -0.15) is 0 Å². The maximum Gasteiger partial charge on any atom is 0.231 e. The van der Waals surface area contributed by atoms with E-state index in [0.29, 0.717) is 12.6 Å². The summed E-state index contributed by atoms with van der Waals surface area (Å²) in [5.74, 6) is 3.09. The molecule has 0 atom stereocenters. The average molecular weight is 312 g/mol. The highest BCUT2D eigenvalue weighted by molar-refractivity contribution is 7.98. The molecule has 2 aromatic carbocycles. The fourth-order valence-electron chi connectivity index (χ4n) is 2.49. The van der Waals surface area contributed by atoms with Crippen molar-refractivity contribution >= 4 is 17.5 Å². The minimum atomic E-state index is 0.284. The molecule has 1 fully saturated rings. The number of hydrogen-bond acceptors (Lipinski definition) is 4. The van der Waals surface area contributed by atoms with E-state index in [1.54, 1.807) is 11.8 Å². The van der Waals surface area contributed by atoms with Gasteiger partial charge in [-0.3, -0.25) is 4.79 Å². The van der Waals surface area contributed by atoms with E-state index in [1.165, 1.54) is 10.5 Å². The third-order valence-corrected chi connectivity index (χ3v) is 5.01. The molecule has 3 nitrogen and oxygen atoms in total. The number of Topliss-reactive ketones (excluding diaryl/α,β-unsaturated/α-hetero) is 1. The maximum atomic E-state index is 12.0. The van der Waals surface area contributed by atoms with Crippen LogP contribution in [0.25, 0.3) is 0 Å². The summed E-state index contributed by atoms with van der Waals surface area (Å²) >= 11 is 1.76. The molecule has 112 valence electrons. The predicted octanol–water partition coefficient (Wildman–Crippen LogP) is 4.30. The van der Waals surface area contributed by atoms with E-state index in [1.807, 2.05) is 36.4 Å². The zero-order valence-electron chi connectivity index (χ0n) is 12.1. The summed E-state index contributed by atoms with van der Waals surface area (Å²) in [5.41, 5.74) is 2.04. The third-order valence-electron chi connectivity index (χ3n) is 3.93. The van der Waals surface area contributed by atoms with Gasteiger partial charge in [0.15, 0.2) is 17.3 Å². The Morgan fingerprint density at radius 1 is 1.05 bits per heavy atom. The Hall–Kier alpha value is -1.94. The fourth-order valence-corrected chi connectivity index (χ4v) is 3.34. The lowest BCUT2D eigenvalue weighted by Crippen LogP contribution is -2.00. The van der Waals surface area contributed by atoms with Gasteiger partial charge in [0.25, 0.3) is 0 Å². The molecule has 1 heterocycles. The van der Waals surface area contributed by atoms with Crippen molar-refractivity contribution in [3.8, 4) is 11.5 Å². The van der Waals surface area contributed by atoms with Crippen molar-refractivity contribution in [1.82, 2.24) is 0 Å². The van der Waals surface area contributed by atoms with E-state index in [2.05, 4.69) is 6.07 Å². The first-order valence-corrected chi connectivity index (χ1v) is 8.44. The van der Waals surface area contributed by atoms with Gasteiger partial charge in [-0.1, -0.05) is 18.2 Å². The van der Waals surface area contributed by atoms with Gasteiger partial charge in [0.1, 0.15) is 0 Å². The Morgan fingerprint density at radius 2 is 1.82 bits per heavy atom. The van der Waals surface area contributed by atoms with Crippen LogP contribution >= 0.6 is 11.8 Å². The Bertz CT molecular complexity index is 705. The predicted molar refractivity (Wildman–Crippen MR) is 85.6 cm³/mol. The molecule has 2 aromatic rings. The molecular formula is C18H16O3S. The van der Waals surface area contributed by atoms with Gasteiger partial charge in [0.05, 0.1) is 0 Å². The summed E-state index contributed by atoms with van der Waals surface area (Å²) in [5, 5.41) is 0. The number of ether oxygens (including phenoxy) is 2. The quantitative estimate of drug-likeness (QED) is 0.609. The Labute approximate surface area is 133 Å². The zero-order chi connectivity index (χ0) is 14.9. The van der Waals surface area contributed by atoms with Crippen LogP contribution < -0.4 is 9.47 Å². The molecule has 0 bridgehead atoms. The molecule has 0 saturated heterocycles. The smallest absolute Gasteiger partial charge is 0.231 e. The lowest BCUT2D eigenvalue weighted by molar-refractivity contribution is 0.0967. The van der Waals surface area contributed by atoms with E-state index in [-0.39, 0.29) is 5.92 Å². The molecule has 0 unspecified atom stereocenters. The highest BCUT2D eigenvalue weighted by Crippen LogP contribution is 2.35. The molecule has 22 heavy (non-hydrogen) atoms. The standard InChI is InChI=1S/C18H16O3S/c19-18(13-2-3-13)14-4-6-15(7-5-14)22-10-12-1-8-16-17(9-12)21-11-20-16/h1,4-9,13H,2-3,10-11H2. The van der Waals surface area contributed by atoms with Crippen LogP contribution in [0.1, 0.15) is 28.8 Å². The van der Waals surface area contributed by atoms with Gasteiger partial charge in [0.2, 0.25) is 6.79 Å². The third kappa shape index (κ3) is 2.83. The van der Waals surface area contributed by atoms with Crippen molar-refractivity contribution in [2.45, 2.75) is 23.5 Å². The topological polar surface area (TPSA) is 35.5 Å². The molecule has 1 saturated carbocycles. The van der Waals surface area contributed by atoms with Gasteiger partial charge in [-0.05, 0) is 42.7 Å². The van der Waals surface area contributed by atoms with Crippen molar-refractivity contribution in [1.29, 1.82) is 0 Å². The molecule has 0 aromatic heterocycles. The SMILES string of the molecule is O=C(c1ccc(SCc2ccc3c(c2)OCO3)cc1)C1CC1. The molecule has 4 rings (SSSR count). The van der Waals surface area contributed by atoms with E-state index >= 15 is 0 Å². The number of ketones is 1. The number of carbonyl (C=O) groups excluding carboxylic acids is 1. The van der Waals surface area contributed by atoms with E-state index in [4.69, 9.17) is 9.47 Å². The molecule has 0 radical (unpaired) electrons. The number of hydrogen-bond donors (Lipinski definition) is 0. The minimum absolute atomic E-state index is 0.284. The minimum Gasteiger partial charge on any atom is -0.454 e. The second kappa shape index (κ2) is 5.69. The second-order valence-electron chi connectivity index (χ2n) is 5.64.